The van der Waals surface area contributed by atoms with Gasteiger partial charge in [0, 0.05) is 27.5 Å². The number of rotatable bonds is 4. The molecule has 0 saturated heterocycles. The first-order valence-corrected chi connectivity index (χ1v) is 8.28. The zero-order valence-electron chi connectivity index (χ0n) is 9.15. The first kappa shape index (κ1) is 12.5. The fourth-order valence-corrected chi connectivity index (χ4v) is 2.39. The van der Waals surface area contributed by atoms with E-state index < -0.39 is 10.8 Å². The maximum Gasteiger partial charge on any atom is 0.211 e. The second-order valence-corrected chi connectivity index (χ2v) is 7.17. The van der Waals surface area contributed by atoms with E-state index in [0.29, 0.717) is 11.3 Å². The SMILES string of the molecule is CS(=O)c1ccc(C(=O)C[S+](C)C)cc1. The Morgan fingerprint density at radius 3 is 2.20 bits per heavy atom. The van der Waals surface area contributed by atoms with Crippen LogP contribution in [0.2, 0.25) is 0 Å². The first-order chi connectivity index (χ1) is 7.00. The summed E-state index contributed by atoms with van der Waals surface area (Å²) in [6.45, 7) is 0. The molecule has 0 N–H and O–H groups in total. The molecule has 1 unspecified atom stereocenters. The molecule has 0 bridgehead atoms. The molecule has 0 aromatic heterocycles. The van der Waals surface area contributed by atoms with Gasteiger partial charge < -0.3 is 0 Å². The number of hydrogen-bond acceptors (Lipinski definition) is 2. The lowest BCUT2D eigenvalue weighted by molar-refractivity contribution is 0.102. The third-order valence-electron chi connectivity index (χ3n) is 1.93. The molecule has 0 aliphatic rings. The Morgan fingerprint density at radius 1 is 1.27 bits per heavy atom. The molecule has 0 radical (unpaired) electrons. The third kappa shape index (κ3) is 3.80. The number of benzene rings is 1. The normalized spacial score (nSPS) is 12.8. The fraction of sp³-hybridized carbons (Fsp3) is 0.364. The van der Waals surface area contributed by atoms with E-state index in [-0.39, 0.29) is 16.7 Å². The van der Waals surface area contributed by atoms with Gasteiger partial charge in [-0.05, 0) is 23.0 Å². The zero-order valence-corrected chi connectivity index (χ0v) is 10.8. The van der Waals surface area contributed by atoms with Crippen molar-refractivity contribution in [2.75, 3.05) is 24.5 Å². The Labute approximate surface area is 95.9 Å². The lowest BCUT2D eigenvalue weighted by Crippen LogP contribution is -2.13. The molecule has 2 nitrogen and oxygen atoms in total. The van der Waals surface area contributed by atoms with Gasteiger partial charge >= 0.3 is 0 Å². The summed E-state index contributed by atoms with van der Waals surface area (Å²) in [6, 6.07) is 7.03. The summed E-state index contributed by atoms with van der Waals surface area (Å²) < 4.78 is 11.1. The van der Waals surface area contributed by atoms with Crippen LogP contribution in [0.15, 0.2) is 29.2 Å². The third-order valence-corrected chi connectivity index (χ3v) is 3.70. The van der Waals surface area contributed by atoms with Crippen molar-refractivity contribution in [3.8, 4) is 0 Å². The van der Waals surface area contributed by atoms with Gasteiger partial charge in [0.15, 0.2) is 5.75 Å². The molecule has 1 rings (SSSR count). The second-order valence-electron chi connectivity index (χ2n) is 3.53. The molecule has 0 amide bonds. The second kappa shape index (κ2) is 5.47. The quantitative estimate of drug-likeness (QED) is 0.593. The van der Waals surface area contributed by atoms with Crippen LogP contribution in [0, 0.1) is 0 Å². The average Bonchev–Trinajstić information content (AvgIpc) is 2.17. The van der Waals surface area contributed by atoms with Crippen molar-refractivity contribution in [3.05, 3.63) is 29.8 Å². The number of ketones is 1. The molecule has 0 saturated carbocycles. The van der Waals surface area contributed by atoms with Crippen LogP contribution in [0.25, 0.3) is 0 Å². The Kier molecular flexibility index (Phi) is 4.54. The first-order valence-electron chi connectivity index (χ1n) is 4.51. The molecule has 1 atom stereocenters. The molecule has 0 heterocycles. The minimum atomic E-state index is -0.971. The lowest BCUT2D eigenvalue weighted by atomic mass is 10.1. The van der Waals surface area contributed by atoms with Crippen LogP contribution in [0.1, 0.15) is 10.4 Å². The summed E-state index contributed by atoms with van der Waals surface area (Å²) >= 11 is 0. The van der Waals surface area contributed by atoms with Gasteiger partial charge in [0.1, 0.15) is 0 Å². The minimum absolute atomic E-state index is 0.130. The van der Waals surface area contributed by atoms with Gasteiger partial charge in [0.2, 0.25) is 5.78 Å². The highest BCUT2D eigenvalue weighted by Crippen LogP contribution is 2.09. The van der Waals surface area contributed by atoms with Crippen molar-refractivity contribution in [1.29, 1.82) is 0 Å². The summed E-state index contributed by atoms with van der Waals surface area (Å²) in [5, 5.41) is 0. The maximum atomic E-state index is 11.7. The smallest absolute Gasteiger partial charge is 0.211 e. The average molecular weight is 243 g/mol. The van der Waals surface area contributed by atoms with Crippen LogP contribution >= 0.6 is 0 Å². The number of carbonyl (C=O) groups excluding carboxylic acids is 1. The van der Waals surface area contributed by atoms with E-state index in [1.165, 1.54) is 0 Å². The van der Waals surface area contributed by atoms with Gasteiger partial charge in [-0.1, -0.05) is 12.1 Å². The van der Waals surface area contributed by atoms with Crippen LogP contribution in [-0.2, 0) is 21.7 Å². The summed E-state index contributed by atoms with van der Waals surface area (Å²) in [4.78, 5) is 12.4. The Morgan fingerprint density at radius 2 is 1.80 bits per heavy atom. The number of carbonyl (C=O) groups is 1. The lowest BCUT2D eigenvalue weighted by Gasteiger charge is -2.00. The van der Waals surface area contributed by atoms with Crippen LogP contribution in [0.5, 0.6) is 0 Å². The van der Waals surface area contributed by atoms with Crippen LogP contribution < -0.4 is 0 Å². The monoisotopic (exact) mass is 243 g/mol. The van der Waals surface area contributed by atoms with Gasteiger partial charge in [-0.25, -0.2) is 0 Å². The van der Waals surface area contributed by atoms with Crippen LogP contribution in [0.3, 0.4) is 0 Å². The predicted octanol–water partition coefficient (Wildman–Crippen LogP) is 1.48. The van der Waals surface area contributed by atoms with Gasteiger partial charge in [0.05, 0.1) is 12.5 Å². The van der Waals surface area contributed by atoms with Crippen molar-refractivity contribution in [1.82, 2.24) is 0 Å². The zero-order chi connectivity index (χ0) is 11.4. The standard InChI is InChI=1S/C11H15O2S2/c1-14(2)8-11(12)9-4-6-10(7-5-9)15(3)13/h4-7H,8H2,1-3H3/q+1. The summed E-state index contributed by atoms with van der Waals surface area (Å²) in [6.07, 6.45) is 5.73. The largest absolute Gasteiger partial charge is 0.289 e. The van der Waals surface area contributed by atoms with Crippen molar-refractivity contribution >= 4 is 27.5 Å². The van der Waals surface area contributed by atoms with E-state index in [1.54, 1.807) is 30.5 Å². The molecule has 1 aromatic carbocycles. The highest BCUT2D eigenvalue weighted by Gasteiger charge is 2.13. The molecule has 15 heavy (non-hydrogen) atoms. The Bertz CT molecular complexity index is 369. The molecular formula is C11H15O2S2+. The van der Waals surface area contributed by atoms with E-state index >= 15 is 0 Å². The molecular weight excluding hydrogens is 228 g/mol. The molecule has 4 heteroatoms. The highest BCUT2D eigenvalue weighted by atomic mass is 32.2. The predicted molar refractivity (Wildman–Crippen MR) is 67.2 cm³/mol. The fourth-order valence-electron chi connectivity index (χ4n) is 1.18. The Hall–Kier alpha value is -0.610. The number of hydrogen-bond donors (Lipinski definition) is 0. The molecule has 0 spiro atoms. The molecule has 82 valence electrons. The molecule has 0 aliphatic heterocycles. The van der Waals surface area contributed by atoms with Crippen molar-refractivity contribution in [2.24, 2.45) is 0 Å². The molecule has 0 fully saturated rings. The Balaban J connectivity index is 2.80. The summed E-state index contributed by atoms with van der Waals surface area (Å²) in [5.41, 5.74) is 0.713. The highest BCUT2D eigenvalue weighted by molar-refractivity contribution is 7.96. The van der Waals surface area contributed by atoms with E-state index in [1.807, 2.05) is 12.5 Å². The van der Waals surface area contributed by atoms with Crippen molar-refractivity contribution in [2.45, 2.75) is 4.90 Å². The van der Waals surface area contributed by atoms with Crippen molar-refractivity contribution in [3.63, 3.8) is 0 Å². The van der Waals surface area contributed by atoms with Crippen LogP contribution in [0.4, 0.5) is 0 Å². The minimum Gasteiger partial charge on any atom is -0.289 e. The van der Waals surface area contributed by atoms with Gasteiger partial charge in [-0.15, -0.1) is 0 Å². The van der Waals surface area contributed by atoms with E-state index in [9.17, 15) is 9.00 Å². The van der Waals surface area contributed by atoms with Crippen molar-refractivity contribution < 1.29 is 9.00 Å². The van der Waals surface area contributed by atoms with E-state index in [0.717, 1.165) is 4.90 Å². The van der Waals surface area contributed by atoms with E-state index in [2.05, 4.69) is 0 Å². The van der Waals surface area contributed by atoms with Crippen LogP contribution in [-0.4, -0.2) is 34.5 Å². The van der Waals surface area contributed by atoms with Gasteiger partial charge in [0.25, 0.3) is 0 Å². The summed E-state index contributed by atoms with van der Waals surface area (Å²) in [7, 11) is -0.841. The van der Waals surface area contributed by atoms with Gasteiger partial charge in [-0.2, -0.15) is 0 Å². The maximum absolute atomic E-state index is 11.7. The summed E-state index contributed by atoms with van der Waals surface area (Å²) in [5.74, 6) is 0.756. The van der Waals surface area contributed by atoms with E-state index in [4.69, 9.17) is 0 Å². The van der Waals surface area contributed by atoms with Gasteiger partial charge in [-0.3, -0.25) is 9.00 Å². The topological polar surface area (TPSA) is 34.1 Å². The number of Topliss-reactive ketones (excluding diaryl/α,β-unsaturated/α-hetero) is 1. The molecule has 1 aromatic rings. The molecule has 0 aliphatic carbocycles.